The lowest BCUT2D eigenvalue weighted by atomic mass is 10.1. The van der Waals surface area contributed by atoms with E-state index in [4.69, 9.17) is 0 Å². The van der Waals surface area contributed by atoms with Gasteiger partial charge in [-0.05, 0) is 37.1 Å². The molecule has 0 saturated carbocycles. The molecule has 6 heteroatoms. The lowest BCUT2D eigenvalue weighted by Gasteiger charge is -2.08. The Labute approximate surface area is 122 Å². The predicted octanol–water partition coefficient (Wildman–Crippen LogP) is 2.38. The molecular formula is C15H16N6. The van der Waals surface area contributed by atoms with Crippen LogP contribution in [0.25, 0.3) is 17.3 Å². The Morgan fingerprint density at radius 2 is 1.90 bits per heavy atom. The second kappa shape index (κ2) is 5.32. The first-order valence-electron chi connectivity index (χ1n) is 6.69. The molecular weight excluding hydrogens is 264 g/mol. The van der Waals surface area contributed by atoms with Gasteiger partial charge in [-0.2, -0.15) is 20.1 Å². The van der Waals surface area contributed by atoms with Crippen molar-refractivity contribution in [3.05, 3.63) is 47.8 Å². The van der Waals surface area contributed by atoms with Crippen molar-refractivity contribution in [2.24, 2.45) is 0 Å². The van der Waals surface area contributed by atoms with Gasteiger partial charge in [-0.15, -0.1) is 0 Å². The summed E-state index contributed by atoms with van der Waals surface area (Å²) >= 11 is 0. The van der Waals surface area contributed by atoms with E-state index in [0.717, 1.165) is 5.56 Å². The van der Waals surface area contributed by atoms with Crippen LogP contribution in [0.3, 0.4) is 0 Å². The molecule has 106 valence electrons. The first kappa shape index (κ1) is 13.2. The van der Waals surface area contributed by atoms with Gasteiger partial charge in [0.25, 0.3) is 5.95 Å². The Balaban J connectivity index is 2.13. The van der Waals surface area contributed by atoms with Crippen molar-refractivity contribution >= 4 is 5.95 Å². The number of anilines is 1. The number of aromatic nitrogens is 5. The zero-order valence-electron chi connectivity index (χ0n) is 12.2. The molecule has 0 aliphatic heterocycles. The Morgan fingerprint density at radius 3 is 2.57 bits per heavy atom. The molecule has 0 spiro atoms. The molecule has 0 amide bonds. The molecule has 0 bridgehead atoms. The molecule has 1 N–H and O–H groups in total. The van der Waals surface area contributed by atoms with E-state index < -0.39 is 0 Å². The van der Waals surface area contributed by atoms with Gasteiger partial charge in [-0.1, -0.05) is 12.1 Å². The van der Waals surface area contributed by atoms with Crippen molar-refractivity contribution in [2.45, 2.75) is 13.8 Å². The summed E-state index contributed by atoms with van der Waals surface area (Å²) in [7, 11) is 1.78. The fourth-order valence-corrected chi connectivity index (χ4v) is 1.98. The smallest absolute Gasteiger partial charge is 0.255 e. The number of hydrogen-bond donors (Lipinski definition) is 1. The molecule has 6 nitrogen and oxygen atoms in total. The Bertz CT molecular complexity index is 764. The normalized spacial score (nSPS) is 10.6. The van der Waals surface area contributed by atoms with E-state index >= 15 is 0 Å². The molecule has 0 fully saturated rings. The first-order valence-corrected chi connectivity index (χ1v) is 6.69. The highest BCUT2D eigenvalue weighted by Gasteiger charge is 2.10. The minimum absolute atomic E-state index is 0.493. The second-order valence-corrected chi connectivity index (χ2v) is 4.78. The molecule has 0 radical (unpaired) electrons. The van der Waals surface area contributed by atoms with Crippen molar-refractivity contribution in [3.8, 4) is 17.3 Å². The van der Waals surface area contributed by atoms with Gasteiger partial charge >= 0.3 is 0 Å². The largest absolute Gasteiger partial charge is 0.357 e. The van der Waals surface area contributed by atoms with Gasteiger partial charge in [0.15, 0.2) is 5.82 Å². The average molecular weight is 280 g/mol. The van der Waals surface area contributed by atoms with Gasteiger partial charge in [0.1, 0.15) is 0 Å². The zero-order valence-corrected chi connectivity index (χ0v) is 12.2. The van der Waals surface area contributed by atoms with E-state index in [1.807, 2.05) is 12.1 Å². The SMILES string of the molecule is CNc1nc(-c2ccc(C)c(C)c2)nc(-n2cccn2)n1. The number of hydrogen-bond acceptors (Lipinski definition) is 5. The first-order chi connectivity index (χ1) is 10.2. The summed E-state index contributed by atoms with van der Waals surface area (Å²) in [6, 6.07) is 8.00. The van der Waals surface area contributed by atoms with E-state index in [0.29, 0.717) is 17.7 Å². The van der Waals surface area contributed by atoms with Crippen LogP contribution in [0.4, 0.5) is 5.95 Å². The summed E-state index contributed by atoms with van der Waals surface area (Å²) in [5.74, 6) is 1.64. The van der Waals surface area contributed by atoms with Crippen LogP contribution < -0.4 is 5.32 Å². The van der Waals surface area contributed by atoms with Gasteiger partial charge < -0.3 is 5.32 Å². The molecule has 0 aliphatic rings. The van der Waals surface area contributed by atoms with Crippen LogP contribution in [0.1, 0.15) is 11.1 Å². The van der Waals surface area contributed by atoms with Crippen molar-refractivity contribution in [2.75, 3.05) is 12.4 Å². The fraction of sp³-hybridized carbons (Fsp3) is 0.200. The van der Waals surface area contributed by atoms with E-state index in [9.17, 15) is 0 Å². The Morgan fingerprint density at radius 1 is 1.05 bits per heavy atom. The highest BCUT2D eigenvalue weighted by atomic mass is 15.4. The number of rotatable bonds is 3. The third-order valence-electron chi connectivity index (χ3n) is 3.32. The van der Waals surface area contributed by atoms with Crippen molar-refractivity contribution in [1.29, 1.82) is 0 Å². The second-order valence-electron chi connectivity index (χ2n) is 4.78. The average Bonchev–Trinajstić information content (AvgIpc) is 3.04. The van der Waals surface area contributed by atoms with E-state index in [1.54, 1.807) is 24.1 Å². The van der Waals surface area contributed by atoms with Crippen LogP contribution in [-0.2, 0) is 0 Å². The molecule has 0 saturated heterocycles. The molecule has 2 heterocycles. The molecule has 2 aromatic heterocycles. The van der Waals surface area contributed by atoms with Gasteiger partial charge in [0, 0.05) is 25.0 Å². The standard InChI is InChI=1S/C15H16N6/c1-10-5-6-12(9-11(10)2)13-18-14(16-3)20-15(19-13)21-8-4-7-17-21/h4-9H,1-3H3,(H,16,18,19,20). The van der Waals surface area contributed by atoms with Gasteiger partial charge in [-0.25, -0.2) is 4.68 Å². The summed E-state index contributed by atoms with van der Waals surface area (Å²) in [4.78, 5) is 13.3. The van der Waals surface area contributed by atoms with Crippen LogP contribution in [0, 0.1) is 13.8 Å². The number of aryl methyl sites for hydroxylation is 2. The van der Waals surface area contributed by atoms with Gasteiger partial charge in [0.2, 0.25) is 5.95 Å². The van der Waals surface area contributed by atoms with Crippen LogP contribution in [0.5, 0.6) is 0 Å². The number of benzene rings is 1. The Hall–Kier alpha value is -2.76. The third kappa shape index (κ3) is 2.60. The molecule has 3 rings (SSSR count). The lowest BCUT2D eigenvalue weighted by Crippen LogP contribution is -2.08. The molecule has 1 aromatic carbocycles. The van der Waals surface area contributed by atoms with E-state index in [-0.39, 0.29) is 0 Å². The topological polar surface area (TPSA) is 68.5 Å². The summed E-state index contributed by atoms with van der Waals surface area (Å²) in [6.07, 6.45) is 3.50. The molecule has 0 atom stereocenters. The molecule has 21 heavy (non-hydrogen) atoms. The Kier molecular flexibility index (Phi) is 3.35. The minimum Gasteiger partial charge on any atom is -0.357 e. The minimum atomic E-state index is 0.493. The van der Waals surface area contributed by atoms with Crippen molar-refractivity contribution in [3.63, 3.8) is 0 Å². The highest BCUT2D eigenvalue weighted by Crippen LogP contribution is 2.20. The summed E-state index contributed by atoms with van der Waals surface area (Å²) in [6.45, 7) is 4.16. The predicted molar refractivity (Wildman–Crippen MR) is 81.4 cm³/mol. The zero-order chi connectivity index (χ0) is 14.8. The lowest BCUT2D eigenvalue weighted by molar-refractivity contribution is 0.800. The molecule has 3 aromatic rings. The summed E-state index contributed by atoms with van der Waals surface area (Å²) in [5, 5.41) is 7.13. The van der Waals surface area contributed by atoms with Crippen LogP contribution in [-0.4, -0.2) is 31.8 Å². The van der Waals surface area contributed by atoms with Crippen LogP contribution in [0.2, 0.25) is 0 Å². The summed E-state index contributed by atoms with van der Waals surface area (Å²) < 4.78 is 1.62. The maximum Gasteiger partial charge on any atom is 0.255 e. The number of nitrogens with zero attached hydrogens (tertiary/aromatic N) is 5. The number of nitrogens with one attached hydrogen (secondary N) is 1. The quantitative estimate of drug-likeness (QED) is 0.797. The fourth-order valence-electron chi connectivity index (χ4n) is 1.98. The maximum absolute atomic E-state index is 4.50. The van der Waals surface area contributed by atoms with Crippen LogP contribution in [0.15, 0.2) is 36.7 Å². The van der Waals surface area contributed by atoms with Crippen molar-refractivity contribution < 1.29 is 0 Å². The third-order valence-corrected chi connectivity index (χ3v) is 3.32. The molecule has 0 aliphatic carbocycles. The van der Waals surface area contributed by atoms with Crippen LogP contribution >= 0.6 is 0 Å². The maximum atomic E-state index is 4.50. The monoisotopic (exact) mass is 280 g/mol. The van der Waals surface area contributed by atoms with Gasteiger partial charge in [-0.3, -0.25) is 0 Å². The van der Waals surface area contributed by atoms with E-state index in [2.05, 4.69) is 51.3 Å². The molecule has 0 unspecified atom stereocenters. The van der Waals surface area contributed by atoms with Gasteiger partial charge in [0.05, 0.1) is 0 Å². The van der Waals surface area contributed by atoms with Crippen molar-refractivity contribution in [1.82, 2.24) is 24.7 Å². The van der Waals surface area contributed by atoms with E-state index in [1.165, 1.54) is 11.1 Å². The highest BCUT2D eigenvalue weighted by molar-refractivity contribution is 5.59. The summed E-state index contributed by atoms with van der Waals surface area (Å²) in [5.41, 5.74) is 3.42.